The van der Waals surface area contributed by atoms with Gasteiger partial charge in [0.25, 0.3) is 0 Å². The molecule has 2 nitrogen and oxygen atoms in total. The SMILES string of the molecule is Cc1cc(CNC(=O)C(C)Br)sc1C. The maximum absolute atomic E-state index is 11.3. The Bertz CT molecular complexity index is 313. The maximum atomic E-state index is 11.3. The van der Waals surface area contributed by atoms with E-state index in [2.05, 4.69) is 41.2 Å². The summed E-state index contributed by atoms with van der Waals surface area (Å²) < 4.78 is 0. The summed E-state index contributed by atoms with van der Waals surface area (Å²) in [5.74, 6) is 0.0358. The van der Waals surface area contributed by atoms with Crippen LogP contribution in [0.3, 0.4) is 0 Å². The van der Waals surface area contributed by atoms with Gasteiger partial charge in [-0.2, -0.15) is 0 Å². The number of aryl methyl sites for hydroxylation is 2. The Morgan fingerprint density at radius 3 is 2.71 bits per heavy atom. The predicted molar refractivity (Wildman–Crippen MR) is 64.0 cm³/mol. The summed E-state index contributed by atoms with van der Waals surface area (Å²) >= 11 is 4.96. The second kappa shape index (κ2) is 4.94. The standard InChI is InChI=1S/C10H14BrNOS/c1-6-4-9(14-8(6)3)5-12-10(13)7(2)11/h4,7H,5H2,1-3H3,(H,12,13). The zero-order chi connectivity index (χ0) is 10.7. The zero-order valence-corrected chi connectivity index (χ0v) is 11.0. The van der Waals surface area contributed by atoms with E-state index in [0.717, 1.165) is 0 Å². The highest BCUT2D eigenvalue weighted by molar-refractivity contribution is 9.10. The summed E-state index contributed by atoms with van der Waals surface area (Å²) in [6.07, 6.45) is 0. The Kier molecular flexibility index (Phi) is 4.13. The molecule has 4 heteroatoms. The summed E-state index contributed by atoms with van der Waals surface area (Å²) in [6, 6.07) is 2.12. The lowest BCUT2D eigenvalue weighted by molar-refractivity contribution is -0.120. The van der Waals surface area contributed by atoms with Crippen LogP contribution in [0.15, 0.2) is 6.07 Å². The molecular formula is C10H14BrNOS. The van der Waals surface area contributed by atoms with Crippen LogP contribution < -0.4 is 5.32 Å². The second-order valence-corrected chi connectivity index (χ2v) is 6.00. The molecule has 0 bridgehead atoms. The number of carbonyl (C=O) groups is 1. The summed E-state index contributed by atoms with van der Waals surface area (Å²) in [5, 5.41) is 2.86. The molecule has 1 heterocycles. The lowest BCUT2D eigenvalue weighted by Gasteiger charge is -2.04. The van der Waals surface area contributed by atoms with Gasteiger partial charge in [-0.15, -0.1) is 11.3 Å². The van der Waals surface area contributed by atoms with Gasteiger partial charge in [0, 0.05) is 9.75 Å². The fraction of sp³-hybridized carbons (Fsp3) is 0.500. The van der Waals surface area contributed by atoms with Gasteiger partial charge in [-0.3, -0.25) is 4.79 Å². The van der Waals surface area contributed by atoms with E-state index in [1.54, 1.807) is 11.3 Å². The molecule has 0 spiro atoms. The first kappa shape index (κ1) is 11.7. The largest absolute Gasteiger partial charge is 0.350 e. The first-order chi connectivity index (χ1) is 6.50. The van der Waals surface area contributed by atoms with Crippen LogP contribution in [0.25, 0.3) is 0 Å². The summed E-state index contributed by atoms with van der Waals surface area (Å²) in [5.41, 5.74) is 1.30. The van der Waals surface area contributed by atoms with E-state index in [4.69, 9.17) is 0 Å². The molecule has 0 aliphatic rings. The van der Waals surface area contributed by atoms with Crippen molar-refractivity contribution in [2.24, 2.45) is 0 Å². The predicted octanol–water partition coefficient (Wildman–Crippen LogP) is 2.76. The van der Waals surface area contributed by atoms with E-state index in [1.807, 2.05) is 6.92 Å². The van der Waals surface area contributed by atoms with Crippen molar-refractivity contribution >= 4 is 33.2 Å². The van der Waals surface area contributed by atoms with E-state index in [-0.39, 0.29) is 10.7 Å². The molecule has 1 atom stereocenters. The highest BCUT2D eigenvalue weighted by atomic mass is 79.9. The van der Waals surface area contributed by atoms with Crippen molar-refractivity contribution in [3.63, 3.8) is 0 Å². The molecular weight excluding hydrogens is 262 g/mol. The third kappa shape index (κ3) is 3.10. The van der Waals surface area contributed by atoms with Gasteiger partial charge in [0.15, 0.2) is 0 Å². The normalized spacial score (nSPS) is 12.6. The number of alkyl halides is 1. The molecule has 1 unspecified atom stereocenters. The number of halogens is 1. The first-order valence-electron chi connectivity index (χ1n) is 4.48. The Morgan fingerprint density at radius 2 is 2.29 bits per heavy atom. The average molecular weight is 276 g/mol. The van der Waals surface area contributed by atoms with Crippen LogP contribution in [0.5, 0.6) is 0 Å². The number of amides is 1. The van der Waals surface area contributed by atoms with Crippen LogP contribution in [-0.2, 0) is 11.3 Å². The third-order valence-corrected chi connectivity index (χ3v) is 3.58. The van der Waals surface area contributed by atoms with Crippen molar-refractivity contribution in [3.8, 4) is 0 Å². The maximum Gasteiger partial charge on any atom is 0.233 e. The quantitative estimate of drug-likeness (QED) is 0.845. The molecule has 1 aromatic heterocycles. The average Bonchev–Trinajstić information content (AvgIpc) is 2.42. The van der Waals surface area contributed by atoms with E-state index in [1.165, 1.54) is 15.3 Å². The van der Waals surface area contributed by atoms with Gasteiger partial charge in [-0.25, -0.2) is 0 Å². The van der Waals surface area contributed by atoms with Gasteiger partial charge in [0.1, 0.15) is 0 Å². The third-order valence-electron chi connectivity index (χ3n) is 2.02. The fourth-order valence-electron chi connectivity index (χ4n) is 1.05. The van der Waals surface area contributed by atoms with Crippen molar-refractivity contribution < 1.29 is 4.79 Å². The van der Waals surface area contributed by atoms with Crippen molar-refractivity contribution in [2.75, 3.05) is 0 Å². The Morgan fingerprint density at radius 1 is 1.64 bits per heavy atom. The number of carbonyl (C=O) groups excluding carboxylic acids is 1. The van der Waals surface area contributed by atoms with Crippen molar-refractivity contribution in [1.82, 2.24) is 5.32 Å². The summed E-state index contributed by atoms with van der Waals surface area (Å²) in [7, 11) is 0. The molecule has 78 valence electrons. The van der Waals surface area contributed by atoms with Crippen LogP contribution in [0.4, 0.5) is 0 Å². The van der Waals surface area contributed by atoms with Gasteiger partial charge in [-0.1, -0.05) is 15.9 Å². The van der Waals surface area contributed by atoms with Crippen molar-refractivity contribution in [1.29, 1.82) is 0 Å². The van der Waals surface area contributed by atoms with Crippen molar-refractivity contribution in [3.05, 3.63) is 21.4 Å². The molecule has 1 rings (SSSR count). The van der Waals surface area contributed by atoms with Crippen LogP contribution in [0.1, 0.15) is 22.2 Å². The molecule has 14 heavy (non-hydrogen) atoms. The Labute approximate surface area is 96.8 Å². The molecule has 1 amide bonds. The van der Waals surface area contributed by atoms with Crippen molar-refractivity contribution in [2.45, 2.75) is 32.1 Å². The molecule has 0 radical (unpaired) electrons. The van der Waals surface area contributed by atoms with Gasteiger partial charge in [0.2, 0.25) is 5.91 Å². The molecule has 0 aliphatic carbocycles. The van der Waals surface area contributed by atoms with Crippen LogP contribution in [0.2, 0.25) is 0 Å². The van der Waals surface area contributed by atoms with Crippen LogP contribution >= 0.6 is 27.3 Å². The Hall–Kier alpha value is -0.350. The zero-order valence-electron chi connectivity index (χ0n) is 8.56. The van der Waals surface area contributed by atoms with Gasteiger partial charge in [-0.05, 0) is 32.4 Å². The van der Waals surface area contributed by atoms with E-state index >= 15 is 0 Å². The monoisotopic (exact) mass is 275 g/mol. The molecule has 0 aromatic carbocycles. The molecule has 0 aliphatic heterocycles. The lowest BCUT2D eigenvalue weighted by Crippen LogP contribution is -2.28. The number of thiophene rings is 1. The number of hydrogen-bond donors (Lipinski definition) is 1. The molecule has 0 saturated carbocycles. The summed E-state index contributed by atoms with van der Waals surface area (Å²) in [4.78, 5) is 13.7. The number of hydrogen-bond acceptors (Lipinski definition) is 2. The number of rotatable bonds is 3. The second-order valence-electron chi connectivity index (χ2n) is 3.29. The van der Waals surface area contributed by atoms with Crippen LogP contribution in [0, 0.1) is 13.8 Å². The molecule has 0 saturated heterocycles. The minimum Gasteiger partial charge on any atom is -0.350 e. The molecule has 1 aromatic rings. The van der Waals surface area contributed by atoms with Gasteiger partial charge in [0.05, 0.1) is 11.4 Å². The first-order valence-corrected chi connectivity index (χ1v) is 6.21. The van der Waals surface area contributed by atoms with E-state index < -0.39 is 0 Å². The number of nitrogens with one attached hydrogen (secondary N) is 1. The van der Waals surface area contributed by atoms with Gasteiger partial charge >= 0.3 is 0 Å². The fourth-order valence-corrected chi connectivity index (χ4v) is 2.21. The smallest absolute Gasteiger partial charge is 0.233 e. The minimum absolute atomic E-state index is 0.0358. The minimum atomic E-state index is -0.121. The van der Waals surface area contributed by atoms with E-state index in [0.29, 0.717) is 6.54 Å². The Balaban J connectivity index is 2.50. The lowest BCUT2D eigenvalue weighted by atomic mass is 10.3. The highest BCUT2D eigenvalue weighted by Crippen LogP contribution is 2.20. The molecule has 0 fully saturated rings. The van der Waals surface area contributed by atoms with Gasteiger partial charge < -0.3 is 5.32 Å². The highest BCUT2D eigenvalue weighted by Gasteiger charge is 2.08. The molecule has 1 N–H and O–H groups in total. The van der Waals surface area contributed by atoms with E-state index in [9.17, 15) is 4.79 Å². The van der Waals surface area contributed by atoms with Crippen LogP contribution in [-0.4, -0.2) is 10.7 Å². The topological polar surface area (TPSA) is 29.1 Å². The summed E-state index contributed by atoms with van der Waals surface area (Å²) in [6.45, 7) is 6.64.